The van der Waals surface area contributed by atoms with Gasteiger partial charge < -0.3 is 10.2 Å². The van der Waals surface area contributed by atoms with E-state index in [0.717, 1.165) is 13.1 Å². The molecule has 2 aromatic rings. The van der Waals surface area contributed by atoms with Gasteiger partial charge in [0, 0.05) is 30.4 Å². The molecule has 0 saturated carbocycles. The highest BCUT2D eigenvalue weighted by Crippen LogP contribution is 2.64. The molecule has 0 saturated heterocycles. The van der Waals surface area contributed by atoms with Crippen LogP contribution in [0, 0.1) is 6.92 Å². The molecule has 0 spiro atoms. The van der Waals surface area contributed by atoms with Crippen LogP contribution in [0.15, 0.2) is 36.4 Å². The minimum Gasteiger partial charge on any atom is -0.375 e. The molecule has 2 heteroatoms. The summed E-state index contributed by atoms with van der Waals surface area (Å²) in [6.45, 7) is 16.1. The molecule has 1 aliphatic heterocycles. The summed E-state index contributed by atoms with van der Waals surface area (Å²) in [5, 5.41) is 3.94. The third-order valence-corrected chi connectivity index (χ3v) is 6.65. The minimum atomic E-state index is -0.0188. The van der Waals surface area contributed by atoms with Gasteiger partial charge in [-0.15, -0.1) is 0 Å². The predicted molar refractivity (Wildman–Crippen MR) is 108 cm³/mol. The molecule has 1 N–H and O–H groups in total. The minimum absolute atomic E-state index is 0.0188. The van der Waals surface area contributed by atoms with Crippen LogP contribution in [0.1, 0.15) is 62.8 Å². The molecule has 0 radical (unpaired) electrons. The summed E-state index contributed by atoms with van der Waals surface area (Å²) >= 11 is 0. The molecule has 2 nitrogen and oxygen atoms in total. The lowest BCUT2D eigenvalue weighted by molar-refractivity contribution is 0.357. The molecule has 4 rings (SSSR count). The molecule has 2 atom stereocenters. The van der Waals surface area contributed by atoms with E-state index >= 15 is 0 Å². The Kier molecular flexibility index (Phi) is 3.48. The Bertz CT molecular complexity index is 832. The molecule has 0 amide bonds. The Morgan fingerprint density at radius 2 is 1.64 bits per heavy atom. The van der Waals surface area contributed by atoms with Crippen molar-refractivity contribution in [3.63, 3.8) is 0 Å². The third-order valence-electron chi connectivity index (χ3n) is 6.65. The molecule has 0 unspecified atom stereocenters. The SMILES string of the molecule is CCN(CC)c1cc(C)c2c(c1)[C@@H]1C(C)(C)c3ccccc3[C@]1(C)N2. The summed E-state index contributed by atoms with van der Waals surface area (Å²) in [7, 11) is 0. The Morgan fingerprint density at radius 1 is 1.00 bits per heavy atom. The van der Waals surface area contributed by atoms with Gasteiger partial charge in [0.05, 0.1) is 5.54 Å². The van der Waals surface area contributed by atoms with Crippen molar-refractivity contribution >= 4 is 11.4 Å². The van der Waals surface area contributed by atoms with Gasteiger partial charge in [-0.05, 0) is 67.5 Å². The Morgan fingerprint density at radius 3 is 2.28 bits per heavy atom. The van der Waals surface area contributed by atoms with Gasteiger partial charge in [-0.1, -0.05) is 38.1 Å². The van der Waals surface area contributed by atoms with Crippen LogP contribution in [0.5, 0.6) is 0 Å². The fourth-order valence-electron chi connectivity index (χ4n) is 5.59. The molecule has 1 aliphatic carbocycles. The summed E-state index contributed by atoms with van der Waals surface area (Å²) in [5.74, 6) is 0.460. The van der Waals surface area contributed by atoms with E-state index in [0.29, 0.717) is 5.92 Å². The molecule has 2 aliphatic rings. The number of nitrogens with one attached hydrogen (secondary N) is 1. The first-order valence-electron chi connectivity index (χ1n) is 9.62. The monoisotopic (exact) mass is 334 g/mol. The fraction of sp³-hybridized carbons (Fsp3) is 0.478. The van der Waals surface area contributed by atoms with E-state index in [1.54, 1.807) is 0 Å². The number of fused-ring (bicyclic) bond motifs is 5. The van der Waals surface area contributed by atoms with Crippen LogP contribution < -0.4 is 10.2 Å². The highest BCUT2D eigenvalue weighted by Gasteiger charge is 2.58. The van der Waals surface area contributed by atoms with Crippen molar-refractivity contribution in [3.8, 4) is 0 Å². The smallest absolute Gasteiger partial charge is 0.0677 e. The van der Waals surface area contributed by atoms with Crippen LogP contribution in [-0.2, 0) is 11.0 Å². The first-order chi connectivity index (χ1) is 11.8. The molecule has 0 bridgehead atoms. The standard InChI is InChI=1S/C23H30N2/c1-7-25(8-2)16-13-15(3)20-17(14-16)21-22(4,5)18-11-9-10-12-19(18)23(21,6)24-20/h9-14,21,24H,7-8H2,1-6H3/t21-,23+/m1/s1. The summed E-state index contributed by atoms with van der Waals surface area (Å²) in [4.78, 5) is 2.46. The van der Waals surface area contributed by atoms with E-state index in [4.69, 9.17) is 0 Å². The number of anilines is 2. The number of nitrogens with zero attached hydrogens (tertiary/aromatic N) is 1. The van der Waals surface area contributed by atoms with Gasteiger partial charge in [0.15, 0.2) is 0 Å². The number of rotatable bonds is 3. The van der Waals surface area contributed by atoms with Crippen molar-refractivity contribution in [3.05, 3.63) is 58.7 Å². The first kappa shape index (κ1) is 16.5. The van der Waals surface area contributed by atoms with Crippen LogP contribution in [0.4, 0.5) is 11.4 Å². The number of aryl methyl sites for hydroxylation is 1. The second kappa shape index (κ2) is 5.27. The lowest BCUT2D eigenvalue weighted by atomic mass is 9.71. The molecule has 25 heavy (non-hydrogen) atoms. The van der Waals surface area contributed by atoms with E-state index in [-0.39, 0.29) is 11.0 Å². The van der Waals surface area contributed by atoms with Gasteiger partial charge in [-0.3, -0.25) is 0 Å². The van der Waals surface area contributed by atoms with Crippen LogP contribution in [0.2, 0.25) is 0 Å². The molecule has 0 aromatic heterocycles. The van der Waals surface area contributed by atoms with Crippen molar-refractivity contribution in [1.82, 2.24) is 0 Å². The Labute approximate surface area is 152 Å². The molecule has 2 aromatic carbocycles. The maximum absolute atomic E-state index is 3.94. The number of hydrogen-bond acceptors (Lipinski definition) is 2. The summed E-state index contributed by atoms with van der Waals surface area (Å²) in [6.07, 6.45) is 0. The highest BCUT2D eigenvalue weighted by molar-refractivity contribution is 5.75. The molecule has 132 valence electrons. The van der Waals surface area contributed by atoms with Crippen molar-refractivity contribution in [2.24, 2.45) is 0 Å². The largest absolute Gasteiger partial charge is 0.375 e. The van der Waals surface area contributed by atoms with E-state index in [1.165, 1.54) is 33.6 Å². The van der Waals surface area contributed by atoms with E-state index in [1.807, 2.05) is 0 Å². The normalized spacial score (nSPS) is 25.1. The van der Waals surface area contributed by atoms with Gasteiger partial charge in [0.2, 0.25) is 0 Å². The average Bonchev–Trinajstić information content (AvgIpc) is 2.98. The fourth-order valence-corrected chi connectivity index (χ4v) is 5.59. The van der Waals surface area contributed by atoms with Gasteiger partial charge in [0.1, 0.15) is 0 Å². The second-order valence-electron chi connectivity index (χ2n) is 8.43. The highest BCUT2D eigenvalue weighted by atomic mass is 15.1. The quantitative estimate of drug-likeness (QED) is 0.791. The zero-order chi connectivity index (χ0) is 18.0. The van der Waals surface area contributed by atoms with E-state index in [2.05, 4.69) is 88.2 Å². The van der Waals surface area contributed by atoms with Crippen LogP contribution in [0.3, 0.4) is 0 Å². The van der Waals surface area contributed by atoms with Gasteiger partial charge in [0.25, 0.3) is 0 Å². The predicted octanol–water partition coefficient (Wildman–Crippen LogP) is 5.56. The Balaban J connectivity index is 1.93. The van der Waals surface area contributed by atoms with Crippen LogP contribution >= 0.6 is 0 Å². The maximum Gasteiger partial charge on any atom is 0.0677 e. The average molecular weight is 335 g/mol. The molecular formula is C23H30N2. The first-order valence-corrected chi connectivity index (χ1v) is 9.62. The molecule has 1 heterocycles. The van der Waals surface area contributed by atoms with Crippen molar-refractivity contribution in [1.29, 1.82) is 0 Å². The van der Waals surface area contributed by atoms with Crippen molar-refractivity contribution in [2.75, 3.05) is 23.3 Å². The number of hydrogen-bond donors (Lipinski definition) is 1. The lowest BCUT2D eigenvalue weighted by Gasteiger charge is -2.33. The van der Waals surface area contributed by atoms with Gasteiger partial charge >= 0.3 is 0 Å². The second-order valence-corrected chi connectivity index (χ2v) is 8.43. The Hall–Kier alpha value is -1.96. The zero-order valence-electron chi connectivity index (χ0n) is 16.4. The van der Waals surface area contributed by atoms with Gasteiger partial charge in [-0.2, -0.15) is 0 Å². The number of benzene rings is 2. The van der Waals surface area contributed by atoms with E-state index < -0.39 is 0 Å². The molecule has 0 fully saturated rings. The van der Waals surface area contributed by atoms with Crippen LogP contribution in [0.25, 0.3) is 0 Å². The van der Waals surface area contributed by atoms with E-state index in [9.17, 15) is 0 Å². The third kappa shape index (κ3) is 2.03. The van der Waals surface area contributed by atoms with Crippen molar-refractivity contribution in [2.45, 2.75) is 58.4 Å². The van der Waals surface area contributed by atoms with Gasteiger partial charge in [-0.25, -0.2) is 0 Å². The lowest BCUT2D eigenvalue weighted by Crippen LogP contribution is -2.34. The van der Waals surface area contributed by atoms with Crippen molar-refractivity contribution < 1.29 is 0 Å². The van der Waals surface area contributed by atoms with Crippen LogP contribution in [-0.4, -0.2) is 13.1 Å². The summed E-state index contributed by atoms with van der Waals surface area (Å²) in [5.41, 5.74) is 8.63. The summed E-state index contributed by atoms with van der Waals surface area (Å²) < 4.78 is 0. The zero-order valence-corrected chi connectivity index (χ0v) is 16.4. The topological polar surface area (TPSA) is 15.3 Å². The maximum atomic E-state index is 3.94. The summed E-state index contributed by atoms with van der Waals surface area (Å²) in [6, 6.07) is 13.8. The molecular weight excluding hydrogens is 304 g/mol.